The third-order valence-electron chi connectivity index (χ3n) is 2.64. The van der Waals surface area contributed by atoms with Crippen LogP contribution >= 0.6 is 0 Å². The Labute approximate surface area is 94.2 Å². The summed E-state index contributed by atoms with van der Waals surface area (Å²) >= 11 is 0. The van der Waals surface area contributed by atoms with Gasteiger partial charge in [0.1, 0.15) is 0 Å². The molecule has 0 radical (unpaired) electrons. The number of hydrogen-bond acceptors (Lipinski definition) is 2. The summed E-state index contributed by atoms with van der Waals surface area (Å²) in [7, 11) is 0. The van der Waals surface area contributed by atoms with Crippen molar-refractivity contribution in [2.75, 3.05) is 11.4 Å². The van der Waals surface area contributed by atoms with Crippen molar-refractivity contribution in [2.24, 2.45) is 0 Å². The number of carbonyl (C=O) groups excluding carboxylic acids is 2. The van der Waals surface area contributed by atoms with Gasteiger partial charge in [-0.3, -0.25) is 4.79 Å². The van der Waals surface area contributed by atoms with Crippen LogP contribution in [0.15, 0.2) is 24.3 Å². The summed E-state index contributed by atoms with van der Waals surface area (Å²) in [5, 5.41) is 2.52. The van der Waals surface area contributed by atoms with Gasteiger partial charge in [0.25, 0.3) is 5.91 Å². The number of nitrogens with zero attached hydrogens (tertiary/aromatic N) is 1. The minimum Gasteiger partial charge on any atom is -0.328 e. The molecule has 84 valence electrons. The molecule has 0 saturated carbocycles. The Morgan fingerprint density at radius 1 is 1.25 bits per heavy atom. The molecule has 1 aromatic carbocycles. The molecule has 1 aliphatic heterocycles. The van der Waals surface area contributed by atoms with Crippen molar-refractivity contribution in [2.45, 2.75) is 19.8 Å². The van der Waals surface area contributed by atoms with E-state index in [4.69, 9.17) is 0 Å². The summed E-state index contributed by atoms with van der Waals surface area (Å²) in [6, 6.07) is 7.16. The average Bonchev–Trinajstić information content (AvgIpc) is 2.58. The fourth-order valence-corrected chi connectivity index (χ4v) is 1.85. The molecule has 16 heavy (non-hydrogen) atoms. The molecule has 4 heteroatoms. The highest BCUT2D eigenvalue weighted by Crippen LogP contribution is 2.28. The van der Waals surface area contributed by atoms with E-state index in [2.05, 4.69) is 5.32 Å². The molecule has 0 aliphatic carbocycles. The van der Waals surface area contributed by atoms with Crippen molar-refractivity contribution in [3.63, 3.8) is 0 Å². The minimum absolute atomic E-state index is 0.0886. The first kappa shape index (κ1) is 10.7. The van der Waals surface area contributed by atoms with E-state index < -0.39 is 0 Å². The molecule has 0 bridgehead atoms. The van der Waals surface area contributed by atoms with Gasteiger partial charge in [0, 0.05) is 0 Å². The lowest BCUT2D eigenvalue weighted by Crippen LogP contribution is -2.31. The summed E-state index contributed by atoms with van der Waals surface area (Å²) in [6.45, 7) is 4.17. The molecular formula is C12H14N2O2. The number of urea groups is 1. The van der Waals surface area contributed by atoms with Gasteiger partial charge in [-0.1, -0.05) is 32.0 Å². The second-order valence-electron chi connectivity index (χ2n) is 4.10. The Balaban J connectivity index is 2.47. The maximum Gasteiger partial charge on any atom is 0.329 e. The number of benzene rings is 1. The van der Waals surface area contributed by atoms with Crippen LogP contribution in [0.3, 0.4) is 0 Å². The van der Waals surface area contributed by atoms with Crippen molar-refractivity contribution in [3.8, 4) is 0 Å². The van der Waals surface area contributed by atoms with E-state index in [-0.39, 0.29) is 24.4 Å². The molecule has 1 saturated heterocycles. The molecule has 1 fully saturated rings. The first-order valence-corrected chi connectivity index (χ1v) is 5.31. The Bertz CT molecular complexity index is 424. The van der Waals surface area contributed by atoms with Crippen LogP contribution in [0.25, 0.3) is 0 Å². The van der Waals surface area contributed by atoms with Crippen LogP contribution in [-0.2, 0) is 4.79 Å². The zero-order chi connectivity index (χ0) is 11.7. The second kappa shape index (κ2) is 3.96. The maximum absolute atomic E-state index is 11.6. The Hall–Kier alpha value is -1.84. The summed E-state index contributed by atoms with van der Waals surface area (Å²) in [6.07, 6.45) is 0. The van der Waals surface area contributed by atoms with Crippen molar-refractivity contribution >= 4 is 17.6 Å². The molecule has 3 amide bonds. The molecule has 1 N–H and O–H groups in total. The number of para-hydroxylation sites is 1. The van der Waals surface area contributed by atoms with Gasteiger partial charge in [0.2, 0.25) is 0 Å². The van der Waals surface area contributed by atoms with Gasteiger partial charge in [-0.2, -0.15) is 0 Å². The molecule has 0 unspecified atom stereocenters. The average molecular weight is 218 g/mol. The van der Waals surface area contributed by atoms with E-state index in [9.17, 15) is 9.59 Å². The first-order valence-electron chi connectivity index (χ1n) is 5.31. The number of hydrogen-bond donors (Lipinski definition) is 1. The van der Waals surface area contributed by atoms with Gasteiger partial charge >= 0.3 is 6.03 Å². The monoisotopic (exact) mass is 218 g/mol. The van der Waals surface area contributed by atoms with Crippen LogP contribution in [0.5, 0.6) is 0 Å². The normalized spacial score (nSPS) is 15.8. The lowest BCUT2D eigenvalue weighted by molar-refractivity contribution is -0.115. The van der Waals surface area contributed by atoms with Crippen molar-refractivity contribution in [1.82, 2.24) is 5.32 Å². The van der Waals surface area contributed by atoms with Crippen LogP contribution in [0.4, 0.5) is 10.5 Å². The van der Waals surface area contributed by atoms with Crippen LogP contribution in [0, 0.1) is 0 Å². The number of nitrogens with one attached hydrogen (secondary N) is 1. The van der Waals surface area contributed by atoms with Crippen molar-refractivity contribution in [1.29, 1.82) is 0 Å². The van der Waals surface area contributed by atoms with E-state index in [0.717, 1.165) is 5.56 Å². The fraction of sp³-hybridized carbons (Fsp3) is 0.333. The third-order valence-corrected chi connectivity index (χ3v) is 2.64. The van der Waals surface area contributed by atoms with Gasteiger partial charge in [0.05, 0.1) is 12.2 Å². The Morgan fingerprint density at radius 2 is 1.94 bits per heavy atom. The Kier molecular flexibility index (Phi) is 2.64. The molecule has 0 atom stereocenters. The fourth-order valence-electron chi connectivity index (χ4n) is 1.85. The number of carbonyl (C=O) groups is 2. The molecule has 1 aliphatic rings. The number of imide groups is 1. The maximum atomic E-state index is 11.6. The summed E-state index contributed by atoms with van der Waals surface area (Å²) in [5.41, 5.74) is 1.70. The lowest BCUT2D eigenvalue weighted by Gasteiger charge is -2.18. The van der Waals surface area contributed by atoms with E-state index in [0.29, 0.717) is 5.69 Å². The minimum atomic E-state index is -0.335. The predicted octanol–water partition coefficient (Wildman–Crippen LogP) is 1.87. The quantitative estimate of drug-likeness (QED) is 0.770. The summed E-state index contributed by atoms with van der Waals surface area (Å²) in [5.74, 6) is 0.0792. The standard InChI is InChI=1S/C12H14N2O2/c1-8(2)9-5-3-4-6-10(9)14-11(15)7-13-12(14)16/h3-6,8H,7H2,1-2H3,(H,13,16). The summed E-state index contributed by atoms with van der Waals surface area (Å²) in [4.78, 5) is 24.4. The molecule has 2 rings (SSSR count). The summed E-state index contributed by atoms with van der Waals surface area (Å²) < 4.78 is 0. The highest BCUT2D eigenvalue weighted by Gasteiger charge is 2.31. The molecule has 1 aromatic rings. The number of rotatable bonds is 2. The van der Waals surface area contributed by atoms with Crippen LogP contribution in [0.1, 0.15) is 25.3 Å². The zero-order valence-electron chi connectivity index (χ0n) is 9.36. The molecule has 0 spiro atoms. The van der Waals surface area contributed by atoms with Gasteiger partial charge in [-0.05, 0) is 17.5 Å². The van der Waals surface area contributed by atoms with Gasteiger partial charge in [0.15, 0.2) is 0 Å². The van der Waals surface area contributed by atoms with E-state index >= 15 is 0 Å². The molecule has 0 aromatic heterocycles. The highest BCUT2D eigenvalue weighted by molar-refractivity contribution is 6.20. The molecular weight excluding hydrogens is 204 g/mol. The van der Waals surface area contributed by atoms with Crippen molar-refractivity contribution in [3.05, 3.63) is 29.8 Å². The van der Waals surface area contributed by atoms with E-state index in [1.165, 1.54) is 4.90 Å². The molecule has 1 heterocycles. The number of amides is 3. The van der Waals surface area contributed by atoms with Gasteiger partial charge in [-0.15, -0.1) is 0 Å². The third kappa shape index (κ3) is 1.66. The largest absolute Gasteiger partial charge is 0.329 e. The van der Waals surface area contributed by atoms with Crippen molar-refractivity contribution < 1.29 is 9.59 Å². The van der Waals surface area contributed by atoms with Crippen LogP contribution < -0.4 is 10.2 Å². The topological polar surface area (TPSA) is 49.4 Å². The lowest BCUT2D eigenvalue weighted by atomic mass is 10.0. The van der Waals surface area contributed by atoms with Gasteiger partial charge < -0.3 is 5.32 Å². The SMILES string of the molecule is CC(C)c1ccccc1N1C(=O)CNC1=O. The van der Waals surface area contributed by atoms with Crippen LogP contribution in [0.2, 0.25) is 0 Å². The number of anilines is 1. The first-order chi connectivity index (χ1) is 7.61. The smallest absolute Gasteiger partial charge is 0.328 e. The highest BCUT2D eigenvalue weighted by atomic mass is 16.2. The van der Waals surface area contributed by atoms with E-state index in [1.807, 2.05) is 32.0 Å². The van der Waals surface area contributed by atoms with E-state index in [1.54, 1.807) is 6.07 Å². The zero-order valence-corrected chi connectivity index (χ0v) is 9.36. The molecule has 4 nitrogen and oxygen atoms in total. The Morgan fingerprint density at radius 3 is 2.50 bits per heavy atom. The van der Waals surface area contributed by atoms with Crippen LogP contribution in [-0.4, -0.2) is 18.5 Å². The van der Waals surface area contributed by atoms with Gasteiger partial charge in [-0.25, -0.2) is 9.69 Å². The predicted molar refractivity (Wildman–Crippen MR) is 61.4 cm³/mol. The second-order valence-corrected chi connectivity index (χ2v) is 4.10.